The van der Waals surface area contributed by atoms with Gasteiger partial charge in [0.2, 0.25) is 0 Å². The van der Waals surface area contributed by atoms with Crippen LogP contribution in [0.2, 0.25) is 0 Å². The number of aliphatic hydroxyl groups is 1. The number of ketones is 1. The van der Waals surface area contributed by atoms with Crippen molar-refractivity contribution in [3.63, 3.8) is 0 Å². The summed E-state index contributed by atoms with van der Waals surface area (Å²) in [5.41, 5.74) is 6.12. The maximum absolute atomic E-state index is 11.7. The molecule has 6 nitrogen and oxygen atoms in total. The molecule has 0 atom stereocenters. The second-order valence-electron chi connectivity index (χ2n) is 10.6. The number of hydrogen-bond acceptors (Lipinski definition) is 5. The van der Waals surface area contributed by atoms with Crippen LogP contribution in [0.25, 0.3) is 49.3 Å². The molecule has 6 aromatic rings. The van der Waals surface area contributed by atoms with Crippen LogP contribution in [0.1, 0.15) is 58.9 Å². The van der Waals surface area contributed by atoms with Crippen LogP contribution in [0.3, 0.4) is 0 Å². The van der Waals surface area contributed by atoms with Gasteiger partial charge in [-0.25, -0.2) is 9.97 Å². The Labute approximate surface area is 260 Å². The number of pyridine rings is 1. The smallest absolute Gasteiger partial charge is 0.162 e. The number of carbonyl (C=O) groups excluding carboxylic acids is 1. The summed E-state index contributed by atoms with van der Waals surface area (Å²) in [4.78, 5) is 25.5. The average Bonchev–Trinajstić information content (AvgIpc) is 3.39. The van der Waals surface area contributed by atoms with Crippen LogP contribution in [-0.4, -0.2) is 30.2 Å². The maximum Gasteiger partial charge on any atom is 0.162 e. The second kappa shape index (κ2) is 13.5. The van der Waals surface area contributed by atoms with Crippen LogP contribution in [0, 0.1) is 24.8 Å². The minimum atomic E-state index is 0. The number of nitrogens with zero attached hydrogens (tertiary/aromatic N) is 4. The fourth-order valence-electron chi connectivity index (χ4n) is 5.65. The first-order chi connectivity index (χ1) is 19.9. The van der Waals surface area contributed by atoms with Crippen LogP contribution in [0.15, 0.2) is 72.9 Å². The van der Waals surface area contributed by atoms with Gasteiger partial charge in [0, 0.05) is 55.1 Å². The Kier molecular flexibility index (Phi) is 10.1. The van der Waals surface area contributed by atoms with Crippen molar-refractivity contribution in [2.75, 3.05) is 0 Å². The molecule has 3 heterocycles. The fraction of sp³-hybridized carbons (Fsp3) is 0.314. The summed E-state index contributed by atoms with van der Waals surface area (Å²) in [6, 6.07) is 20.4. The maximum atomic E-state index is 11.7. The van der Waals surface area contributed by atoms with Crippen molar-refractivity contribution >= 4 is 55.0 Å². The van der Waals surface area contributed by atoms with Crippen LogP contribution in [0.4, 0.5) is 0 Å². The summed E-state index contributed by atoms with van der Waals surface area (Å²) < 4.78 is 2.21. The van der Waals surface area contributed by atoms with E-state index in [-0.39, 0.29) is 43.5 Å². The predicted molar refractivity (Wildman–Crippen MR) is 168 cm³/mol. The van der Waals surface area contributed by atoms with Gasteiger partial charge in [-0.15, -0.1) is 17.5 Å². The molecule has 0 saturated carbocycles. The third-order valence-corrected chi connectivity index (χ3v) is 8.17. The number of allylic oxidation sites excluding steroid dienone is 2. The summed E-state index contributed by atoms with van der Waals surface area (Å²) in [6.45, 7) is 10.2. The molecule has 7 heteroatoms. The standard InChI is InChI=1S/C22H13N4.C13H24O2.Ir/c1-13-5-4-8-18-20(13)25-22-17-11-23-12-24-21(17)16-9-14-6-2-3-7-15(14)10-19(16)26(18)22;1-5-10(6-2)12(14)9-13(15)11(7-3)8-4;/h2-8,10-12H,1H3;9-11,14H,5-8H2,1-4H3;/q-1;;/b;12-9-;. The molecule has 6 rings (SSSR count). The van der Waals surface area contributed by atoms with Gasteiger partial charge in [0.1, 0.15) is 12.0 Å². The summed E-state index contributed by atoms with van der Waals surface area (Å²) in [5, 5.41) is 13.9. The van der Waals surface area contributed by atoms with Crippen LogP contribution in [0.5, 0.6) is 0 Å². The Morgan fingerprint density at radius 3 is 2.38 bits per heavy atom. The summed E-state index contributed by atoms with van der Waals surface area (Å²) in [7, 11) is 0. The molecule has 219 valence electrons. The number of rotatable bonds is 7. The topological polar surface area (TPSA) is 80.4 Å². The van der Waals surface area contributed by atoms with Crippen molar-refractivity contribution in [3.8, 4) is 0 Å². The quantitative estimate of drug-likeness (QED) is 0.0583. The fourth-order valence-corrected chi connectivity index (χ4v) is 5.65. The van der Waals surface area contributed by atoms with E-state index >= 15 is 0 Å². The Bertz CT molecular complexity index is 1900. The van der Waals surface area contributed by atoms with Gasteiger partial charge >= 0.3 is 0 Å². The number of carbonyl (C=O) groups is 1. The molecule has 0 amide bonds. The normalized spacial score (nSPS) is 11.9. The molecular weight excluding hydrogens is 701 g/mol. The van der Waals surface area contributed by atoms with Crippen molar-refractivity contribution in [2.45, 2.75) is 60.3 Å². The monoisotopic (exact) mass is 738 g/mol. The van der Waals surface area contributed by atoms with E-state index < -0.39 is 0 Å². The molecule has 0 aliphatic heterocycles. The molecule has 0 saturated heterocycles. The number of hydrogen-bond donors (Lipinski definition) is 1. The van der Waals surface area contributed by atoms with Gasteiger partial charge < -0.3 is 9.51 Å². The van der Waals surface area contributed by atoms with Crippen molar-refractivity contribution in [1.29, 1.82) is 0 Å². The summed E-state index contributed by atoms with van der Waals surface area (Å²) in [5.74, 6) is 0.547. The van der Waals surface area contributed by atoms with Gasteiger partial charge in [0.05, 0.1) is 16.8 Å². The molecule has 3 aromatic carbocycles. The first kappa shape index (κ1) is 31.3. The number of benzene rings is 3. The first-order valence-corrected chi connectivity index (χ1v) is 14.6. The van der Waals surface area contributed by atoms with Crippen molar-refractivity contribution in [3.05, 3.63) is 84.5 Å². The second-order valence-corrected chi connectivity index (χ2v) is 10.6. The molecule has 0 aliphatic rings. The van der Waals surface area contributed by atoms with Gasteiger partial charge in [-0.05, 0) is 49.8 Å². The van der Waals surface area contributed by atoms with Gasteiger partial charge in [-0.3, -0.25) is 9.78 Å². The molecule has 3 aromatic heterocycles. The molecular formula is C35H37IrN4O2-. The van der Waals surface area contributed by atoms with E-state index in [2.05, 4.69) is 69.8 Å². The zero-order valence-electron chi connectivity index (χ0n) is 24.8. The number of fused-ring (bicyclic) bond motifs is 9. The largest absolute Gasteiger partial charge is 0.512 e. The van der Waals surface area contributed by atoms with E-state index in [0.717, 1.165) is 80.5 Å². The van der Waals surface area contributed by atoms with Gasteiger partial charge in [0.15, 0.2) is 5.78 Å². The van der Waals surface area contributed by atoms with E-state index in [1.165, 1.54) is 6.08 Å². The predicted octanol–water partition coefficient (Wildman–Crippen LogP) is 8.71. The third kappa shape index (κ3) is 5.81. The Morgan fingerprint density at radius 2 is 1.67 bits per heavy atom. The van der Waals surface area contributed by atoms with Crippen LogP contribution >= 0.6 is 0 Å². The van der Waals surface area contributed by atoms with Gasteiger partial charge in [0.25, 0.3) is 0 Å². The van der Waals surface area contributed by atoms with E-state index in [0.29, 0.717) is 0 Å². The van der Waals surface area contributed by atoms with E-state index in [1.54, 1.807) is 6.33 Å². The Hall–Kier alpha value is -3.67. The number of imidazole rings is 1. The molecule has 0 aliphatic carbocycles. The number of aromatic nitrogens is 4. The molecule has 0 fully saturated rings. The summed E-state index contributed by atoms with van der Waals surface area (Å²) >= 11 is 0. The number of aryl methyl sites for hydroxylation is 1. The molecule has 1 N–H and O–H groups in total. The van der Waals surface area contributed by atoms with Crippen LogP contribution < -0.4 is 0 Å². The van der Waals surface area contributed by atoms with E-state index in [9.17, 15) is 9.90 Å². The van der Waals surface area contributed by atoms with Crippen molar-refractivity contribution < 1.29 is 30.0 Å². The van der Waals surface area contributed by atoms with Crippen molar-refractivity contribution in [1.82, 2.24) is 19.4 Å². The number of aliphatic hydroxyl groups excluding tert-OH is 1. The number of para-hydroxylation sites is 1. The van der Waals surface area contributed by atoms with Gasteiger partial charge in [-0.1, -0.05) is 74.9 Å². The first-order valence-electron chi connectivity index (χ1n) is 14.6. The molecule has 0 spiro atoms. The van der Waals surface area contributed by atoms with Gasteiger partial charge in [-0.2, -0.15) is 0 Å². The van der Waals surface area contributed by atoms with Crippen LogP contribution in [-0.2, 0) is 24.9 Å². The molecule has 1 radical (unpaired) electrons. The molecule has 0 unspecified atom stereocenters. The molecule has 42 heavy (non-hydrogen) atoms. The van der Waals surface area contributed by atoms with E-state index in [1.807, 2.05) is 40.0 Å². The third-order valence-electron chi connectivity index (χ3n) is 8.17. The average molecular weight is 738 g/mol. The SMILES string of the molecule is CCC(CC)C(=O)/C=C(\O)C(CC)CC.Cc1cccc2c1nc1c3cncnc3c3[c-]c4ccccc4cc3n21.[Ir]. The minimum Gasteiger partial charge on any atom is -0.512 e. The Balaban J connectivity index is 0.000000221. The zero-order valence-corrected chi connectivity index (χ0v) is 27.2. The Morgan fingerprint density at radius 1 is 0.952 bits per heavy atom. The molecule has 0 bridgehead atoms. The van der Waals surface area contributed by atoms with E-state index in [4.69, 9.17) is 4.98 Å². The zero-order chi connectivity index (χ0) is 29.1. The minimum absolute atomic E-state index is 0. The van der Waals surface area contributed by atoms with Crippen molar-refractivity contribution in [2.24, 2.45) is 11.8 Å². The summed E-state index contributed by atoms with van der Waals surface area (Å²) in [6.07, 6.45) is 8.35.